The first-order chi connectivity index (χ1) is 17.8. The van der Waals surface area contributed by atoms with Crippen molar-refractivity contribution < 1.29 is 14.3 Å². The number of imidazole rings is 1. The maximum Gasteiger partial charge on any atom is 0.420 e. The smallest absolute Gasteiger partial charge is 0.420 e. The summed E-state index contributed by atoms with van der Waals surface area (Å²) in [7, 11) is 0.0337. The van der Waals surface area contributed by atoms with Crippen molar-refractivity contribution in [1.29, 1.82) is 0 Å². The normalized spacial score (nSPS) is 30.4. The molecule has 5 nitrogen and oxygen atoms in total. The lowest BCUT2D eigenvalue weighted by Crippen LogP contribution is -2.53. The minimum absolute atomic E-state index is 0.156. The molecule has 0 N–H and O–H groups in total. The van der Waals surface area contributed by atoms with Gasteiger partial charge in [0.15, 0.2) is 5.60 Å². The second-order valence-electron chi connectivity index (χ2n) is 11.7. The number of carbonyl (C=O) groups is 1. The number of ether oxygens (including phenoxy) is 2. The zero-order chi connectivity index (χ0) is 26.3. The number of aryl methyl sites for hydroxylation is 1. The summed E-state index contributed by atoms with van der Waals surface area (Å²) in [5.41, 5.74) is 5.90. The summed E-state index contributed by atoms with van der Waals surface area (Å²) in [6.07, 6.45) is 10.8. The van der Waals surface area contributed by atoms with Crippen molar-refractivity contribution in [3.05, 3.63) is 48.0 Å². The Morgan fingerprint density at radius 3 is 2.62 bits per heavy atom. The van der Waals surface area contributed by atoms with Gasteiger partial charge in [0.2, 0.25) is 0 Å². The third-order valence-corrected chi connectivity index (χ3v) is 15.3. The maximum absolute atomic E-state index is 13.4. The summed E-state index contributed by atoms with van der Waals surface area (Å²) in [6.45, 7) is 9.25. The van der Waals surface area contributed by atoms with E-state index in [0.717, 1.165) is 56.0 Å². The van der Waals surface area contributed by atoms with Crippen molar-refractivity contribution >= 4 is 14.2 Å². The highest BCUT2D eigenvalue weighted by molar-refractivity contribution is 6.87. The number of carbonyl (C=O) groups excluding carboxylic acids is 1. The molecule has 3 aliphatic rings. The van der Waals surface area contributed by atoms with E-state index < -0.39 is 13.7 Å². The van der Waals surface area contributed by atoms with Crippen LogP contribution in [0.5, 0.6) is 5.75 Å². The van der Waals surface area contributed by atoms with E-state index >= 15 is 0 Å². The van der Waals surface area contributed by atoms with Gasteiger partial charge in [0.1, 0.15) is 20.2 Å². The van der Waals surface area contributed by atoms with Crippen molar-refractivity contribution in [3.63, 3.8) is 0 Å². The first kappa shape index (κ1) is 26.1. The molecule has 0 bridgehead atoms. The second-order valence-corrected chi connectivity index (χ2v) is 16.7. The molecular weight excluding hydrogens is 476 g/mol. The van der Waals surface area contributed by atoms with Gasteiger partial charge in [-0.2, -0.15) is 0 Å². The molecule has 198 valence electrons. The number of fused-ring (bicyclic) bond motifs is 5. The number of aromatic nitrogens is 2. The predicted molar refractivity (Wildman–Crippen MR) is 149 cm³/mol. The summed E-state index contributed by atoms with van der Waals surface area (Å²) in [5.74, 6) is 6.38. The molecule has 1 aromatic heterocycles. The van der Waals surface area contributed by atoms with E-state index in [1.165, 1.54) is 28.4 Å². The summed E-state index contributed by atoms with van der Waals surface area (Å²) >= 11 is 0. The molecule has 3 aliphatic carbocycles. The lowest BCUT2D eigenvalue weighted by atomic mass is 9.53. The second kappa shape index (κ2) is 9.98. The lowest BCUT2D eigenvalue weighted by molar-refractivity contribution is -0.0713. The standard InChI is InChI=1S/C31H42N2O3Si/c1-6-37(7-2,8-3)20-17-31(36-29(34)33-19-18-32-22-33)16-14-28-27-11-9-23-21-24(35-5)10-12-25(23)26(27)13-15-30(28,31)4/h10,12,18-19,21-22,26-28H,6-9,11,13-16H2,1-5H3/t26-,27-,28+,30+,31-/m1/s1. The molecule has 1 aromatic carbocycles. The van der Waals surface area contributed by atoms with Crippen molar-refractivity contribution in [2.75, 3.05) is 7.11 Å². The third kappa shape index (κ3) is 4.24. The van der Waals surface area contributed by atoms with E-state index in [9.17, 15) is 4.79 Å². The Kier molecular flexibility index (Phi) is 7.04. The Balaban J connectivity index is 1.52. The fraction of sp³-hybridized carbons (Fsp3) is 0.613. The number of hydrogen-bond donors (Lipinski definition) is 0. The van der Waals surface area contributed by atoms with Crippen LogP contribution in [0.3, 0.4) is 0 Å². The van der Waals surface area contributed by atoms with E-state index in [1.807, 2.05) is 0 Å². The SMILES string of the molecule is CC[Si](C#C[C@]1(OC(=O)n2ccnc2)CC[C@H]2[C@@H]3CCc4cc(OC)ccc4[C@H]3CC[C@@]21C)(CC)CC. The quantitative estimate of drug-likeness (QED) is 0.310. The molecule has 0 saturated heterocycles. The van der Waals surface area contributed by atoms with Crippen LogP contribution in [0.15, 0.2) is 36.9 Å². The Morgan fingerprint density at radius 1 is 1.16 bits per heavy atom. The van der Waals surface area contributed by atoms with E-state index in [-0.39, 0.29) is 11.5 Å². The van der Waals surface area contributed by atoms with Crippen LogP contribution in [0.2, 0.25) is 18.1 Å². The first-order valence-electron chi connectivity index (χ1n) is 14.3. The summed E-state index contributed by atoms with van der Waals surface area (Å²) in [6, 6.07) is 10.1. The monoisotopic (exact) mass is 518 g/mol. The van der Waals surface area contributed by atoms with Crippen LogP contribution >= 0.6 is 0 Å². The molecule has 0 unspecified atom stereocenters. The van der Waals surface area contributed by atoms with E-state index in [0.29, 0.717) is 17.8 Å². The van der Waals surface area contributed by atoms with Crippen molar-refractivity contribution in [2.24, 2.45) is 17.3 Å². The largest absolute Gasteiger partial charge is 0.497 e. The highest BCUT2D eigenvalue weighted by Gasteiger charge is 2.64. The van der Waals surface area contributed by atoms with Crippen LogP contribution in [0, 0.1) is 28.7 Å². The molecule has 5 rings (SSSR count). The van der Waals surface area contributed by atoms with Gasteiger partial charge in [-0.25, -0.2) is 14.3 Å². The van der Waals surface area contributed by atoms with Gasteiger partial charge in [0.05, 0.1) is 7.11 Å². The molecule has 0 radical (unpaired) electrons. The van der Waals surface area contributed by atoms with Gasteiger partial charge in [-0.15, -0.1) is 5.54 Å². The van der Waals surface area contributed by atoms with E-state index in [1.54, 1.807) is 19.5 Å². The number of benzene rings is 1. The average molecular weight is 519 g/mol. The van der Waals surface area contributed by atoms with Crippen molar-refractivity contribution in [3.8, 4) is 17.2 Å². The van der Waals surface area contributed by atoms with Gasteiger partial charge in [-0.1, -0.05) is 39.7 Å². The third-order valence-electron chi connectivity index (χ3n) is 10.6. The van der Waals surface area contributed by atoms with Gasteiger partial charge in [-0.05, 0) is 97.7 Å². The van der Waals surface area contributed by atoms with Gasteiger partial charge in [0, 0.05) is 17.8 Å². The number of rotatable bonds is 5. The van der Waals surface area contributed by atoms with Gasteiger partial charge in [0.25, 0.3) is 0 Å². The molecule has 0 amide bonds. The lowest BCUT2D eigenvalue weighted by Gasteiger charge is -2.52. The van der Waals surface area contributed by atoms with Gasteiger partial charge < -0.3 is 9.47 Å². The van der Waals surface area contributed by atoms with Crippen LogP contribution < -0.4 is 4.74 Å². The molecule has 0 aliphatic heterocycles. The Bertz CT molecular complexity index is 1190. The number of hydrogen-bond acceptors (Lipinski definition) is 4. The van der Waals surface area contributed by atoms with Crippen LogP contribution in [0.4, 0.5) is 4.79 Å². The number of nitrogens with zero attached hydrogens (tertiary/aromatic N) is 2. The zero-order valence-electron chi connectivity index (χ0n) is 23.2. The van der Waals surface area contributed by atoms with Crippen LogP contribution in [0.25, 0.3) is 0 Å². The van der Waals surface area contributed by atoms with Gasteiger partial charge >= 0.3 is 6.09 Å². The average Bonchev–Trinajstić information content (AvgIpc) is 3.57. The summed E-state index contributed by atoms with van der Waals surface area (Å²) < 4.78 is 13.5. The Labute approximate surface area is 223 Å². The summed E-state index contributed by atoms with van der Waals surface area (Å²) in [5, 5.41) is 0. The molecule has 2 aromatic rings. The molecular formula is C31H42N2O3Si. The maximum atomic E-state index is 13.4. The van der Waals surface area contributed by atoms with Crippen LogP contribution in [-0.2, 0) is 11.2 Å². The Morgan fingerprint density at radius 2 is 1.95 bits per heavy atom. The molecule has 2 fully saturated rings. The van der Waals surface area contributed by atoms with Gasteiger partial charge in [-0.3, -0.25) is 0 Å². The molecule has 0 spiro atoms. The highest BCUT2D eigenvalue weighted by atomic mass is 28.3. The van der Waals surface area contributed by atoms with Crippen LogP contribution in [-0.4, -0.2) is 36.4 Å². The molecule has 37 heavy (non-hydrogen) atoms. The molecule has 5 atom stereocenters. The highest BCUT2D eigenvalue weighted by Crippen LogP contribution is 2.65. The minimum atomic E-state index is -1.71. The zero-order valence-corrected chi connectivity index (χ0v) is 24.2. The van der Waals surface area contributed by atoms with E-state index in [2.05, 4.69) is 62.3 Å². The van der Waals surface area contributed by atoms with E-state index in [4.69, 9.17) is 9.47 Å². The first-order valence-corrected chi connectivity index (χ1v) is 16.9. The Hall–Kier alpha value is -2.52. The molecule has 1 heterocycles. The topological polar surface area (TPSA) is 53.4 Å². The molecule has 6 heteroatoms. The fourth-order valence-electron chi connectivity index (χ4n) is 7.90. The summed E-state index contributed by atoms with van der Waals surface area (Å²) in [4.78, 5) is 17.4. The fourth-order valence-corrected chi connectivity index (χ4v) is 10.4. The number of methoxy groups -OCH3 is 1. The molecule has 2 saturated carbocycles. The van der Waals surface area contributed by atoms with Crippen LogP contribution in [0.1, 0.15) is 76.8 Å². The van der Waals surface area contributed by atoms with Crippen molar-refractivity contribution in [2.45, 2.75) is 95.9 Å². The predicted octanol–water partition coefficient (Wildman–Crippen LogP) is 7.22. The van der Waals surface area contributed by atoms with Crippen molar-refractivity contribution in [1.82, 2.24) is 9.55 Å². The minimum Gasteiger partial charge on any atom is -0.497 e.